The van der Waals surface area contributed by atoms with Crippen LogP contribution in [0.15, 0.2) is 41.2 Å². The van der Waals surface area contributed by atoms with E-state index in [0.717, 1.165) is 5.56 Å². The van der Waals surface area contributed by atoms with E-state index in [1.807, 2.05) is 6.92 Å². The van der Waals surface area contributed by atoms with Crippen LogP contribution < -0.4 is 5.32 Å². The molecule has 148 valence electrons. The first-order valence-corrected chi connectivity index (χ1v) is 8.25. The van der Waals surface area contributed by atoms with Gasteiger partial charge in [0.2, 0.25) is 5.82 Å². The van der Waals surface area contributed by atoms with Gasteiger partial charge in [0.25, 0.3) is 5.91 Å². The molecule has 11 heteroatoms. The Hall–Kier alpha value is -3.21. The van der Waals surface area contributed by atoms with Crippen molar-refractivity contribution in [3.63, 3.8) is 0 Å². The number of aromatic nitrogens is 4. The van der Waals surface area contributed by atoms with Gasteiger partial charge in [-0.2, -0.15) is 23.3 Å². The number of halogens is 3. The second-order valence-corrected chi connectivity index (χ2v) is 5.72. The maximum atomic E-state index is 12.5. The Balaban J connectivity index is 1.54. The van der Waals surface area contributed by atoms with Crippen LogP contribution in [0.2, 0.25) is 0 Å². The van der Waals surface area contributed by atoms with E-state index in [1.54, 1.807) is 30.5 Å². The predicted molar refractivity (Wildman–Crippen MR) is 89.8 cm³/mol. The predicted octanol–water partition coefficient (Wildman–Crippen LogP) is 2.88. The molecule has 1 N–H and O–H groups in total. The van der Waals surface area contributed by atoms with Crippen LogP contribution in [-0.2, 0) is 24.3 Å². The van der Waals surface area contributed by atoms with E-state index >= 15 is 0 Å². The summed E-state index contributed by atoms with van der Waals surface area (Å²) in [6, 6.07) is 6.51. The van der Waals surface area contributed by atoms with Gasteiger partial charge in [0.15, 0.2) is 0 Å². The molecule has 3 rings (SSSR count). The molecule has 0 fully saturated rings. The van der Waals surface area contributed by atoms with Crippen LogP contribution in [0.25, 0.3) is 11.4 Å². The smallest absolute Gasteiger partial charge is 0.355 e. The number of carbonyl (C=O) groups is 1. The average Bonchev–Trinajstić information content (AvgIpc) is 3.32. The van der Waals surface area contributed by atoms with Crippen LogP contribution in [0.1, 0.15) is 28.7 Å². The van der Waals surface area contributed by atoms with Gasteiger partial charge < -0.3 is 14.6 Å². The Morgan fingerprint density at radius 1 is 1.29 bits per heavy atom. The molecule has 2 aromatic heterocycles. The minimum absolute atomic E-state index is 0.140. The van der Waals surface area contributed by atoms with Gasteiger partial charge in [0.05, 0.1) is 18.4 Å². The summed E-state index contributed by atoms with van der Waals surface area (Å²) in [4.78, 5) is 15.0. The molecule has 0 atom stereocenters. The van der Waals surface area contributed by atoms with Crippen LogP contribution in [0.5, 0.6) is 0 Å². The van der Waals surface area contributed by atoms with Crippen molar-refractivity contribution >= 4 is 5.91 Å². The van der Waals surface area contributed by atoms with Gasteiger partial charge in [0, 0.05) is 18.3 Å². The molecule has 28 heavy (non-hydrogen) atoms. The van der Waals surface area contributed by atoms with Crippen molar-refractivity contribution in [1.29, 1.82) is 0 Å². The largest absolute Gasteiger partial charge is 0.471 e. The molecule has 0 unspecified atom stereocenters. The van der Waals surface area contributed by atoms with Gasteiger partial charge in [-0.05, 0) is 12.5 Å². The summed E-state index contributed by atoms with van der Waals surface area (Å²) in [6.45, 7) is 2.74. The molecule has 0 spiro atoms. The summed E-state index contributed by atoms with van der Waals surface area (Å²) in [5.74, 6) is -1.74. The lowest BCUT2D eigenvalue weighted by Gasteiger charge is -2.05. The van der Waals surface area contributed by atoms with E-state index in [2.05, 4.69) is 25.1 Å². The maximum Gasteiger partial charge on any atom is 0.471 e. The number of carbonyl (C=O) groups excluding carboxylic acids is 1. The Bertz CT molecular complexity index is 934. The van der Waals surface area contributed by atoms with E-state index in [0.29, 0.717) is 17.7 Å². The number of benzene rings is 1. The summed E-state index contributed by atoms with van der Waals surface area (Å²) in [6.07, 6.45) is -1.66. The highest BCUT2D eigenvalue weighted by atomic mass is 19.4. The molecular weight excluding hydrogens is 379 g/mol. The van der Waals surface area contributed by atoms with E-state index in [4.69, 9.17) is 4.74 Å². The minimum atomic E-state index is -4.68. The molecule has 0 saturated heterocycles. The summed E-state index contributed by atoms with van der Waals surface area (Å²) >= 11 is 0. The van der Waals surface area contributed by atoms with E-state index in [-0.39, 0.29) is 25.1 Å². The van der Waals surface area contributed by atoms with Crippen LogP contribution in [-0.4, -0.2) is 32.4 Å². The number of nitrogens with one attached hydrogen (secondary N) is 1. The van der Waals surface area contributed by atoms with Gasteiger partial charge in [-0.1, -0.05) is 29.4 Å². The first-order valence-electron chi connectivity index (χ1n) is 8.25. The van der Waals surface area contributed by atoms with Crippen LogP contribution in [0.3, 0.4) is 0 Å². The molecular formula is C17H16F3N5O3. The van der Waals surface area contributed by atoms with Gasteiger partial charge in [-0.3, -0.25) is 4.79 Å². The zero-order valence-corrected chi connectivity index (χ0v) is 14.7. The highest BCUT2D eigenvalue weighted by molar-refractivity contribution is 5.93. The van der Waals surface area contributed by atoms with Crippen molar-refractivity contribution in [2.45, 2.75) is 26.4 Å². The fraction of sp³-hybridized carbons (Fsp3) is 0.294. The monoisotopic (exact) mass is 395 g/mol. The highest BCUT2D eigenvalue weighted by Crippen LogP contribution is 2.29. The first kappa shape index (κ1) is 19.5. The lowest BCUT2D eigenvalue weighted by molar-refractivity contribution is -0.159. The molecule has 0 saturated carbocycles. The Labute approximate surface area is 157 Å². The second kappa shape index (κ2) is 8.21. The molecule has 8 nitrogen and oxygen atoms in total. The lowest BCUT2D eigenvalue weighted by Crippen LogP contribution is -2.22. The SMILES string of the molecule is CCNC(=O)c1cnn(COCc2ccc(-c3noc(C(F)(F)F)n3)cc2)c1. The Morgan fingerprint density at radius 2 is 2.04 bits per heavy atom. The van der Waals surface area contributed by atoms with Gasteiger partial charge in [-0.25, -0.2) is 4.68 Å². The molecule has 0 aliphatic heterocycles. The fourth-order valence-corrected chi connectivity index (χ4v) is 2.28. The van der Waals surface area contributed by atoms with Crippen LogP contribution in [0.4, 0.5) is 13.2 Å². The fourth-order valence-electron chi connectivity index (χ4n) is 2.28. The third-order valence-corrected chi connectivity index (χ3v) is 3.61. The van der Waals surface area contributed by atoms with Crippen molar-refractivity contribution in [3.8, 4) is 11.4 Å². The third kappa shape index (κ3) is 4.74. The molecule has 0 radical (unpaired) electrons. The normalized spacial score (nSPS) is 11.6. The minimum Gasteiger partial charge on any atom is -0.355 e. The van der Waals surface area contributed by atoms with Crippen molar-refractivity contribution in [1.82, 2.24) is 25.2 Å². The molecule has 2 heterocycles. The second-order valence-electron chi connectivity index (χ2n) is 5.72. The first-order chi connectivity index (χ1) is 13.4. The van der Waals surface area contributed by atoms with E-state index < -0.39 is 12.1 Å². The quantitative estimate of drug-likeness (QED) is 0.661. The molecule has 1 amide bonds. The summed E-state index contributed by atoms with van der Waals surface area (Å²) < 4.78 is 48.7. The number of hydrogen-bond acceptors (Lipinski definition) is 6. The van der Waals surface area contributed by atoms with Gasteiger partial charge >= 0.3 is 12.1 Å². The van der Waals surface area contributed by atoms with E-state index in [9.17, 15) is 18.0 Å². The lowest BCUT2D eigenvalue weighted by atomic mass is 10.1. The van der Waals surface area contributed by atoms with Crippen molar-refractivity contribution in [2.75, 3.05) is 6.54 Å². The summed E-state index contributed by atoms with van der Waals surface area (Å²) in [7, 11) is 0. The molecule has 0 aliphatic rings. The van der Waals surface area contributed by atoms with Crippen molar-refractivity contribution in [3.05, 3.63) is 53.7 Å². The molecule has 3 aromatic rings. The average molecular weight is 395 g/mol. The Morgan fingerprint density at radius 3 is 2.68 bits per heavy atom. The number of hydrogen-bond donors (Lipinski definition) is 1. The number of alkyl halides is 3. The topological polar surface area (TPSA) is 95.1 Å². The number of rotatable bonds is 7. The molecule has 0 bridgehead atoms. The number of amides is 1. The van der Waals surface area contributed by atoms with Crippen molar-refractivity contribution in [2.24, 2.45) is 0 Å². The number of nitrogens with zero attached hydrogens (tertiary/aromatic N) is 4. The standard InChI is InChI=1S/C17H16F3N5O3/c1-2-21-15(26)13-7-22-25(8-13)10-27-9-11-3-5-12(6-4-11)14-23-16(28-24-14)17(18,19)20/h3-8H,2,9-10H2,1H3,(H,21,26). The summed E-state index contributed by atoms with van der Waals surface area (Å²) in [5, 5.41) is 10.0. The van der Waals surface area contributed by atoms with E-state index in [1.165, 1.54) is 10.9 Å². The van der Waals surface area contributed by atoms with Crippen LogP contribution in [0, 0.1) is 0 Å². The highest BCUT2D eigenvalue weighted by Gasteiger charge is 2.38. The zero-order chi connectivity index (χ0) is 20.1. The number of ether oxygens (including phenoxy) is 1. The van der Waals surface area contributed by atoms with Crippen LogP contribution >= 0.6 is 0 Å². The van der Waals surface area contributed by atoms with Gasteiger partial charge in [0.1, 0.15) is 6.73 Å². The zero-order valence-electron chi connectivity index (χ0n) is 14.7. The Kier molecular flexibility index (Phi) is 5.73. The molecule has 1 aromatic carbocycles. The van der Waals surface area contributed by atoms with Crippen molar-refractivity contribution < 1.29 is 27.2 Å². The maximum absolute atomic E-state index is 12.5. The van der Waals surface area contributed by atoms with Gasteiger partial charge in [-0.15, -0.1) is 0 Å². The summed E-state index contributed by atoms with van der Waals surface area (Å²) in [5.41, 5.74) is 1.62. The third-order valence-electron chi connectivity index (χ3n) is 3.61. The molecule has 0 aliphatic carbocycles.